The maximum Gasteiger partial charge on any atom is 0.260 e. The summed E-state index contributed by atoms with van der Waals surface area (Å²) < 4.78 is 11.1. The highest BCUT2D eigenvalue weighted by molar-refractivity contribution is 5.78. The van der Waals surface area contributed by atoms with Gasteiger partial charge in [-0.3, -0.25) is 4.79 Å². The zero-order chi connectivity index (χ0) is 22.5. The monoisotopic (exact) mass is 440 g/mol. The standard InChI is InChI=1S/C26H24N4O3/c31-26(19-33-22-10-8-21(9-11-22)20-5-2-1-3-6-20)30-16-14-29(15-17-30)25-13-12-23(27-28-25)24-7-4-18-32-24/h1-13,18H,14-17,19H2. The molecule has 1 amide bonds. The fourth-order valence-electron chi connectivity index (χ4n) is 3.85. The van der Waals surface area contributed by atoms with Gasteiger partial charge in [-0.15, -0.1) is 10.2 Å². The fourth-order valence-corrected chi connectivity index (χ4v) is 3.85. The lowest BCUT2D eigenvalue weighted by molar-refractivity contribution is -0.133. The Morgan fingerprint density at radius 2 is 1.58 bits per heavy atom. The molecule has 1 saturated heterocycles. The number of amides is 1. The number of hydrogen-bond acceptors (Lipinski definition) is 6. The van der Waals surface area contributed by atoms with Crippen LogP contribution in [0.2, 0.25) is 0 Å². The molecule has 4 aromatic rings. The van der Waals surface area contributed by atoms with E-state index in [2.05, 4.69) is 27.2 Å². The van der Waals surface area contributed by atoms with E-state index in [9.17, 15) is 4.79 Å². The molecule has 7 heteroatoms. The van der Waals surface area contributed by atoms with Crippen LogP contribution in [0.15, 0.2) is 89.5 Å². The van der Waals surface area contributed by atoms with Gasteiger partial charge in [-0.1, -0.05) is 42.5 Å². The number of piperazine rings is 1. The van der Waals surface area contributed by atoms with Crippen LogP contribution < -0.4 is 9.64 Å². The Bertz CT molecular complexity index is 1170. The van der Waals surface area contributed by atoms with Gasteiger partial charge in [0.25, 0.3) is 5.91 Å². The molecule has 2 aromatic heterocycles. The number of hydrogen-bond donors (Lipinski definition) is 0. The lowest BCUT2D eigenvalue weighted by Crippen LogP contribution is -2.50. The zero-order valence-electron chi connectivity index (χ0n) is 18.1. The Balaban J connectivity index is 1.10. The summed E-state index contributed by atoms with van der Waals surface area (Å²) >= 11 is 0. The van der Waals surface area contributed by atoms with E-state index >= 15 is 0 Å². The molecule has 0 N–H and O–H groups in total. The Morgan fingerprint density at radius 3 is 2.24 bits per heavy atom. The van der Waals surface area contributed by atoms with Crippen molar-refractivity contribution in [1.82, 2.24) is 15.1 Å². The minimum absolute atomic E-state index is 0.0129. The predicted octanol–water partition coefficient (Wildman–Crippen LogP) is 4.13. The number of furan rings is 1. The molecule has 7 nitrogen and oxygen atoms in total. The third-order valence-electron chi connectivity index (χ3n) is 5.70. The second kappa shape index (κ2) is 9.56. The number of nitrogens with zero attached hydrogens (tertiary/aromatic N) is 4. The summed E-state index contributed by atoms with van der Waals surface area (Å²) in [6.07, 6.45) is 1.62. The van der Waals surface area contributed by atoms with Gasteiger partial charge in [-0.25, -0.2) is 0 Å². The van der Waals surface area contributed by atoms with Gasteiger partial charge in [0.05, 0.1) is 6.26 Å². The third kappa shape index (κ3) is 4.87. The maximum absolute atomic E-state index is 12.6. The minimum atomic E-state index is -0.0129. The number of anilines is 1. The summed E-state index contributed by atoms with van der Waals surface area (Å²) in [6, 6.07) is 25.5. The molecule has 0 unspecified atom stereocenters. The van der Waals surface area contributed by atoms with E-state index in [4.69, 9.17) is 9.15 Å². The maximum atomic E-state index is 12.6. The third-order valence-corrected chi connectivity index (χ3v) is 5.70. The first-order valence-corrected chi connectivity index (χ1v) is 10.9. The molecule has 3 heterocycles. The average molecular weight is 441 g/mol. The Hall–Kier alpha value is -4.13. The highest BCUT2D eigenvalue weighted by atomic mass is 16.5. The molecular formula is C26H24N4O3. The predicted molar refractivity (Wildman–Crippen MR) is 126 cm³/mol. The van der Waals surface area contributed by atoms with Gasteiger partial charge in [-0.05, 0) is 47.5 Å². The lowest BCUT2D eigenvalue weighted by Gasteiger charge is -2.35. The van der Waals surface area contributed by atoms with E-state index < -0.39 is 0 Å². The summed E-state index contributed by atoms with van der Waals surface area (Å²) in [5, 5.41) is 8.57. The Kier molecular flexibility index (Phi) is 6.01. The molecule has 2 aromatic carbocycles. The van der Waals surface area contributed by atoms with Crippen molar-refractivity contribution < 1.29 is 13.9 Å². The summed E-state index contributed by atoms with van der Waals surface area (Å²) in [5.41, 5.74) is 2.97. The molecule has 0 atom stereocenters. The second-order valence-corrected chi connectivity index (χ2v) is 7.80. The summed E-state index contributed by atoms with van der Waals surface area (Å²) in [7, 11) is 0. The summed E-state index contributed by atoms with van der Waals surface area (Å²) in [5.74, 6) is 2.17. The van der Waals surface area contributed by atoms with E-state index in [1.807, 2.05) is 71.6 Å². The summed E-state index contributed by atoms with van der Waals surface area (Å²) in [4.78, 5) is 16.6. The molecule has 166 valence electrons. The summed E-state index contributed by atoms with van der Waals surface area (Å²) in [6.45, 7) is 2.68. The van der Waals surface area contributed by atoms with Crippen LogP contribution in [-0.2, 0) is 4.79 Å². The molecule has 1 aliphatic rings. The van der Waals surface area contributed by atoms with E-state index in [0.717, 1.165) is 16.9 Å². The molecular weight excluding hydrogens is 416 g/mol. The molecule has 0 aliphatic carbocycles. The van der Waals surface area contributed by atoms with Crippen LogP contribution in [0.5, 0.6) is 5.75 Å². The second-order valence-electron chi connectivity index (χ2n) is 7.80. The Morgan fingerprint density at radius 1 is 0.818 bits per heavy atom. The van der Waals surface area contributed by atoms with Gasteiger partial charge in [0.15, 0.2) is 18.2 Å². The van der Waals surface area contributed by atoms with Crippen molar-refractivity contribution >= 4 is 11.7 Å². The first-order valence-electron chi connectivity index (χ1n) is 10.9. The van der Waals surface area contributed by atoms with Crippen molar-refractivity contribution in [2.45, 2.75) is 0 Å². The van der Waals surface area contributed by atoms with Crippen LogP contribution in [0, 0.1) is 0 Å². The number of carbonyl (C=O) groups is 1. The van der Waals surface area contributed by atoms with Gasteiger partial charge < -0.3 is 19.0 Å². The van der Waals surface area contributed by atoms with E-state index in [-0.39, 0.29) is 12.5 Å². The molecule has 1 fully saturated rings. The Labute approximate surface area is 192 Å². The van der Waals surface area contributed by atoms with Gasteiger partial charge in [0, 0.05) is 26.2 Å². The van der Waals surface area contributed by atoms with E-state index in [0.29, 0.717) is 43.4 Å². The van der Waals surface area contributed by atoms with Gasteiger partial charge in [0.2, 0.25) is 0 Å². The van der Waals surface area contributed by atoms with E-state index in [1.54, 1.807) is 6.26 Å². The van der Waals surface area contributed by atoms with Crippen LogP contribution in [-0.4, -0.2) is 53.8 Å². The molecule has 5 rings (SSSR count). The quantitative estimate of drug-likeness (QED) is 0.449. The van der Waals surface area contributed by atoms with Gasteiger partial charge in [-0.2, -0.15) is 0 Å². The van der Waals surface area contributed by atoms with Crippen LogP contribution in [0.3, 0.4) is 0 Å². The molecule has 0 saturated carbocycles. The first kappa shape index (κ1) is 20.8. The molecule has 0 bridgehead atoms. The molecule has 0 spiro atoms. The van der Waals surface area contributed by atoms with Crippen LogP contribution >= 0.6 is 0 Å². The first-order chi connectivity index (χ1) is 16.3. The van der Waals surface area contributed by atoms with Crippen LogP contribution in [0.25, 0.3) is 22.6 Å². The number of carbonyl (C=O) groups excluding carboxylic acids is 1. The topological polar surface area (TPSA) is 71.7 Å². The highest BCUT2D eigenvalue weighted by Gasteiger charge is 2.22. The number of aromatic nitrogens is 2. The molecule has 1 aliphatic heterocycles. The van der Waals surface area contributed by atoms with Crippen molar-refractivity contribution in [3.63, 3.8) is 0 Å². The van der Waals surface area contributed by atoms with E-state index in [1.165, 1.54) is 0 Å². The van der Waals surface area contributed by atoms with Gasteiger partial charge in [0.1, 0.15) is 11.4 Å². The largest absolute Gasteiger partial charge is 0.484 e. The van der Waals surface area contributed by atoms with Crippen molar-refractivity contribution in [3.05, 3.63) is 85.1 Å². The fraction of sp³-hybridized carbons (Fsp3) is 0.192. The van der Waals surface area contributed by atoms with Crippen molar-refractivity contribution in [3.8, 4) is 28.3 Å². The number of ether oxygens (including phenoxy) is 1. The SMILES string of the molecule is O=C(COc1ccc(-c2ccccc2)cc1)N1CCN(c2ccc(-c3ccco3)nn2)CC1. The van der Waals surface area contributed by atoms with Crippen LogP contribution in [0.1, 0.15) is 0 Å². The van der Waals surface area contributed by atoms with Crippen molar-refractivity contribution in [2.24, 2.45) is 0 Å². The highest BCUT2D eigenvalue weighted by Crippen LogP contribution is 2.22. The zero-order valence-corrected chi connectivity index (χ0v) is 18.1. The minimum Gasteiger partial charge on any atom is -0.484 e. The normalized spacial score (nSPS) is 13.7. The number of benzene rings is 2. The number of rotatable bonds is 6. The van der Waals surface area contributed by atoms with Crippen LogP contribution in [0.4, 0.5) is 5.82 Å². The van der Waals surface area contributed by atoms with Crippen molar-refractivity contribution in [2.75, 3.05) is 37.7 Å². The molecule has 0 radical (unpaired) electrons. The lowest BCUT2D eigenvalue weighted by atomic mass is 10.1. The average Bonchev–Trinajstić information content (AvgIpc) is 3.44. The smallest absolute Gasteiger partial charge is 0.260 e. The molecule has 33 heavy (non-hydrogen) atoms. The van der Waals surface area contributed by atoms with Crippen molar-refractivity contribution in [1.29, 1.82) is 0 Å². The van der Waals surface area contributed by atoms with Gasteiger partial charge >= 0.3 is 0 Å².